The molecule has 0 aliphatic heterocycles. The minimum atomic E-state index is -0.222. The number of halogens is 1. The number of rotatable bonds is 4. The van der Waals surface area contributed by atoms with Gasteiger partial charge in [-0.05, 0) is 31.2 Å². The number of nitrogens with two attached hydrogens (primary N) is 1. The van der Waals surface area contributed by atoms with Crippen molar-refractivity contribution >= 4 is 17.7 Å². The Kier molecular flexibility index (Phi) is 3.89. The van der Waals surface area contributed by atoms with E-state index < -0.39 is 0 Å². The average molecular weight is 253 g/mol. The molecule has 0 aromatic heterocycles. The minimum absolute atomic E-state index is 0.222. The Morgan fingerprint density at radius 1 is 1.59 bits per heavy atom. The van der Waals surface area contributed by atoms with Crippen molar-refractivity contribution < 1.29 is 4.39 Å². The van der Waals surface area contributed by atoms with Gasteiger partial charge >= 0.3 is 0 Å². The zero-order valence-corrected chi connectivity index (χ0v) is 10.6. The normalized spacial score (nSPS) is 16.0. The molecule has 1 aliphatic rings. The van der Waals surface area contributed by atoms with Crippen LogP contribution >= 0.6 is 11.8 Å². The van der Waals surface area contributed by atoms with E-state index in [2.05, 4.69) is 10.3 Å². The van der Waals surface area contributed by atoms with Gasteiger partial charge in [0, 0.05) is 16.5 Å². The molecule has 3 N–H and O–H groups in total. The highest BCUT2D eigenvalue weighted by atomic mass is 32.2. The topological polar surface area (TPSA) is 50.4 Å². The number of hydrogen-bond donors (Lipinski definition) is 2. The van der Waals surface area contributed by atoms with Crippen molar-refractivity contribution in [2.45, 2.75) is 30.3 Å². The van der Waals surface area contributed by atoms with Crippen molar-refractivity contribution in [1.29, 1.82) is 0 Å². The van der Waals surface area contributed by atoms with Crippen molar-refractivity contribution in [2.24, 2.45) is 10.7 Å². The van der Waals surface area contributed by atoms with Gasteiger partial charge in [0.15, 0.2) is 5.96 Å². The molecule has 0 spiro atoms. The highest BCUT2D eigenvalue weighted by molar-refractivity contribution is 7.98. The Labute approximate surface area is 105 Å². The van der Waals surface area contributed by atoms with Crippen LogP contribution in [0.1, 0.15) is 18.4 Å². The summed E-state index contributed by atoms with van der Waals surface area (Å²) < 4.78 is 13.6. The van der Waals surface area contributed by atoms with Gasteiger partial charge in [-0.25, -0.2) is 9.38 Å². The fourth-order valence-corrected chi connectivity index (χ4v) is 2.15. The molecule has 2 rings (SSSR count). The molecular weight excluding hydrogens is 237 g/mol. The largest absolute Gasteiger partial charge is 0.370 e. The summed E-state index contributed by atoms with van der Waals surface area (Å²) >= 11 is 1.52. The first-order chi connectivity index (χ1) is 8.20. The van der Waals surface area contributed by atoms with E-state index in [0.29, 0.717) is 17.6 Å². The molecule has 3 nitrogen and oxygen atoms in total. The van der Waals surface area contributed by atoms with Crippen molar-refractivity contribution in [2.75, 3.05) is 6.26 Å². The van der Waals surface area contributed by atoms with Gasteiger partial charge in [0.05, 0.1) is 6.54 Å². The number of benzene rings is 1. The summed E-state index contributed by atoms with van der Waals surface area (Å²) in [7, 11) is 0. The predicted octanol–water partition coefficient (Wildman–Crippen LogP) is 2.11. The van der Waals surface area contributed by atoms with E-state index in [4.69, 9.17) is 5.73 Å². The molecule has 1 aromatic carbocycles. The van der Waals surface area contributed by atoms with Gasteiger partial charge in [-0.3, -0.25) is 0 Å². The van der Waals surface area contributed by atoms with E-state index in [1.54, 1.807) is 6.07 Å². The Morgan fingerprint density at radius 3 is 3.00 bits per heavy atom. The lowest BCUT2D eigenvalue weighted by Crippen LogP contribution is -2.33. The molecule has 1 saturated carbocycles. The summed E-state index contributed by atoms with van der Waals surface area (Å²) in [5.41, 5.74) is 6.33. The van der Waals surface area contributed by atoms with Gasteiger partial charge in [-0.15, -0.1) is 11.8 Å². The smallest absolute Gasteiger partial charge is 0.189 e. The number of nitrogens with zero attached hydrogens (tertiary/aromatic N) is 1. The quantitative estimate of drug-likeness (QED) is 0.491. The standard InChI is InChI=1S/C12H16FN3S/c1-17-11-4-2-3-10(13)9(11)7-15-12(14)16-8-5-6-8/h2-4,8H,5-7H2,1H3,(H3,14,15,16). The van der Waals surface area contributed by atoms with E-state index in [1.165, 1.54) is 17.8 Å². The fourth-order valence-electron chi connectivity index (χ4n) is 1.53. The van der Waals surface area contributed by atoms with Gasteiger partial charge in [0.25, 0.3) is 0 Å². The van der Waals surface area contributed by atoms with Gasteiger partial charge in [0.2, 0.25) is 0 Å². The van der Waals surface area contributed by atoms with E-state index >= 15 is 0 Å². The van der Waals surface area contributed by atoms with Gasteiger partial charge in [-0.2, -0.15) is 0 Å². The van der Waals surface area contributed by atoms with Crippen LogP contribution in [0.25, 0.3) is 0 Å². The van der Waals surface area contributed by atoms with Crippen LogP contribution in [0.5, 0.6) is 0 Å². The van der Waals surface area contributed by atoms with Crippen molar-refractivity contribution in [1.82, 2.24) is 5.32 Å². The van der Waals surface area contributed by atoms with Crippen LogP contribution in [0.15, 0.2) is 28.1 Å². The van der Waals surface area contributed by atoms with E-state index in [0.717, 1.165) is 17.7 Å². The number of hydrogen-bond acceptors (Lipinski definition) is 2. The fraction of sp³-hybridized carbons (Fsp3) is 0.417. The SMILES string of the molecule is CSc1cccc(F)c1CN=C(N)NC1CC1. The highest BCUT2D eigenvalue weighted by Gasteiger charge is 2.21. The van der Waals surface area contributed by atoms with Crippen LogP contribution in [0.3, 0.4) is 0 Å². The van der Waals surface area contributed by atoms with Crippen LogP contribution in [-0.4, -0.2) is 18.3 Å². The molecule has 1 aliphatic carbocycles. The van der Waals surface area contributed by atoms with Crippen molar-refractivity contribution in [3.8, 4) is 0 Å². The molecule has 5 heteroatoms. The Balaban J connectivity index is 2.06. The summed E-state index contributed by atoms with van der Waals surface area (Å²) in [6, 6.07) is 5.53. The summed E-state index contributed by atoms with van der Waals surface area (Å²) in [5.74, 6) is 0.183. The van der Waals surface area contributed by atoms with Gasteiger partial charge in [0.1, 0.15) is 5.82 Å². The summed E-state index contributed by atoms with van der Waals surface area (Å²) in [6.45, 7) is 0.286. The first kappa shape index (κ1) is 12.2. The van der Waals surface area contributed by atoms with Gasteiger partial charge in [-0.1, -0.05) is 6.07 Å². The lowest BCUT2D eigenvalue weighted by molar-refractivity contribution is 0.604. The maximum absolute atomic E-state index is 13.6. The summed E-state index contributed by atoms with van der Waals surface area (Å²) in [6.07, 6.45) is 4.21. The van der Waals surface area contributed by atoms with Crippen LogP contribution in [0, 0.1) is 5.82 Å². The van der Waals surface area contributed by atoms with Gasteiger partial charge < -0.3 is 11.1 Å². The third kappa shape index (κ3) is 3.36. The molecule has 92 valence electrons. The van der Waals surface area contributed by atoms with Crippen LogP contribution in [-0.2, 0) is 6.54 Å². The van der Waals surface area contributed by atoms with Crippen LogP contribution < -0.4 is 11.1 Å². The second-order valence-electron chi connectivity index (χ2n) is 4.04. The maximum Gasteiger partial charge on any atom is 0.189 e. The monoisotopic (exact) mass is 253 g/mol. The Morgan fingerprint density at radius 2 is 2.35 bits per heavy atom. The molecule has 1 aromatic rings. The zero-order valence-electron chi connectivity index (χ0n) is 9.74. The molecule has 0 saturated heterocycles. The van der Waals surface area contributed by atoms with Crippen molar-refractivity contribution in [3.05, 3.63) is 29.6 Å². The predicted molar refractivity (Wildman–Crippen MR) is 69.7 cm³/mol. The minimum Gasteiger partial charge on any atom is -0.370 e. The molecule has 0 heterocycles. The molecule has 0 unspecified atom stereocenters. The van der Waals surface area contributed by atoms with E-state index in [1.807, 2.05) is 12.3 Å². The Hall–Kier alpha value is -1.23. The zero-order chi connectivity index (χ0) is 12.3. The molecule has 1 fully saturated rings. The van der Waals surface area contributed by atoms with E-state index in [9.17, 15) is 4.39 Å². The third-order valence-corrected chi connectivity index (χ3v) is 3.45. The molecule has 0 bridgehead atoms. The lowest BCUT2D eigenvalue weighted by atomic mass is 10.2. The molecule has 0 amide bonds. The van der Waals surface area contributed by atoms with Crippen LogP contribution in [0.2, 0.25) is 0 Å². The number of guanidine groups is 1. The second-order valence-corrected chi connectivity index (χ2v) is 4.89. The van der Waals surface area contributed by atoms with Crippen molar-refractivity contribution in [3.63, 3.8) is 0 Å². The average Bonchev–Trinajstić information content (AvgIpc) is 3.11. The van der Waals surface area contributed by atoms with Crippen LogP contribution in [0.4, 0.5) is 4.39 Å². The number of nitrogens with one attached hydrogen (secondary N) is 1. The Bertz CT molecular complexity index is 430. The lowest BCUT2D eigenvalue weighted by Gasteiger charge is -2.07. The maximum atomic E-state index is 13.6. The summed E-state index contributed by atoms with van der Waals surface area (Å²) in [4.78, 5) is 5.08. The third-order valence-electron chi connectivity index (χ3n) is 2.63. The first-order valence-corrected chi connectivity index (χ1v) is 6.81. The number of aliphatic imine (C=N–C) groups is 1. The molecule has 17 heavy (non-hydrogen) atoms. The molecular formula is C12H16FN3S. The number of thioether (sulfide) groups is 1. The molecule has 0 atom stereocenters. The van der Waals surface area contributed by atoms with E-state index in [-0.39, 0.29) is 12.4 Å². The second kappa shape index (κ2) is 5.40. The highest BCUT2D eigenvalue weighted by Crippen LogP contribution is 2.23. The summed E-state index contributed by atoms with van der Waals surface area (Å²) in [5, 5.41) is 3.08. The molecule has 0 radical (unpaired) electrons. The first-order valence-electron chi connectivity index (χ1n) is 5.58.